The molecule has 0 N–H and O–H groups in total. The molecule has 112 valence electrons. The van der Waals surface area contributed by atoms with Crippen molar-refractivity contribution < 1.29 is 13.3 Å². The Hall–Kier alpha value is -1.34. The van der Waals surface area contributed by atoms with Gasteiger partial charge in [-0.05, 0) is 13.0 Å². The predicted molar refractivity (Wildman–Crippen MR) is 80.3 cm³/mol. The van der Waals surface area contributed by atoms with E-state index >= 15 is 0 Å². The summed E-state index contributed by atoms with van der Waals surface area (Å²) in [4.78, 5) is 11.8. The molecule has 0 aliphatic rings. The average Bonchev–Trinajstić information content (AvgIpc) is 2.37. The van der Waals surface area contributed by atoms with Gasteiger partial charge in [-0.15, -0.1) is 0 Å². The van der Waals surface area contributed by atoms with Gasteiger partial charge in [0.1, 0.15) is 0 Å². The maximum Gasteiger partial charge on any atom is 0.271 e. The van der Waals surface area contributed by atoms with Crippen LogP contribution in [0.1, 0.15) is 13.8 Å². The van der Waals surface area contributed by atoms with Crippen molar-refractivity contribution in [1.29, 1.82) is 0 Å². The van der Waals surface area contributed by atoms with Gasteiger partial charge in [0, 0.05) is 31.0 Å². The van der Waals surface area contributed by atoms with Gasteiger partial charge in [0.05, 0.1) is 21.4 Å². The van der Waals surface area contributed by atoms with Crippen molar-refractivity contribution in [2.24, 2.45) is 0 Å². The van der Waals surface area contributed by atoms with Crippen LogP contribution in [-0.2, 0) is 9.84 Å². The smallest absolute Gasteiger partial charge is 0.271 e. The summed E-state index contributed by atoms with van der Waals surface area (Å²) in [5.41, 5.74) is 0.469. The molecule has 0 aliphatic carbocycles. The van der Waals surface area contributed by atoms with Crippen molar-refractivity contribution in [1.82, 2.24) is 0 Å². The second kappa shape index (κ2) is 6.41. The molecule has 20 heavy (non-hydrogen) atoms. The topological polar surface area (TPSA) is 80.5 Å². The second-order valence-electron chi connectivity index (χ2n) is 4.55. The van der Waals surface area contributed by atoms with E-state index in [1.165, 1.54) is 18.2 Å². The number of nitrogens with zero attached hydrogens (tertiary/aromatic N) is 2. The Morgan fingerprint density at radius 2 is 2.05 bits per heavy atom. The van der Waals surface area contributed by atoms with Crippen LogP contribution in [0.3, 0.4) is 0 Å². The molecule has 1 atom stereocenters. The number of nitro groups is 1. The maximum absolute atomic E-state index is 11.6. The Morgan fingerprint density at radius 3 is 2.50 bits per heavy atom. The Balaban J connectivity index is 2.97. The standard InChI is InChI=1S/C12H17ClN2O4S/c1-4-20(18,19)8-9(2)14(3)12-6-5-10(15(16)17)7-11(12)13/h5-7,9H,4,8H2,1-3H3. The van der Waals surface area contributed by atoms with Crippen LogP contribution in [0.2, 0.25) is 5.02 Å². The van der Waals surface area contributed by atoms with Gasteiger partial charge in [-0.2, -0.15) is 0 Å². The predicted octanol–water partition coefficient (Wildman–Crippen LogP) is 2.51. The zero-order valence-electron chi connectivity index (χ0n) is 11.5. The highest BCUT2D eigenvalue weighted by molar-refractivity contribution is 7.91. The van der Waals surface area contributed by atoms with Crippen molar-refractivity contribution in [3.63, 3.8) is 0 Å². The summed E-state index contributed by atoms with van der Waals surface area (Å²) in [7, 11) is -1.39. The Morgan fingerprint density at radius 1 is 1.45 bits per heavy atom. The molecule has 1 rings (SSSR count). The second-order valence-corrected chi connectivity index (χ2v) is 7.36. The number of rotatable bonds is 6. The fourth-order valence-corrected chi connectivity index (χ4v) is 3.23. The molecular formula is C12H17ClN2O4S. The van der Waals surface area contributed by atoms with Crippen LogP contribution >= 0.6 is 11.6 Å². The molecule has 1 aromatic rings. The molecule has 0 saturated carbocycles. The van der Waals surface area contributed by atoms with Gasteiger partial charge < -0.3 is 4.90 Å². The highest BCUT2D eigenvalue weighted by Gasteiger charge is 2.20. The summed E-state index contributed by atoms with van der Waals surface area (Å²) >= 11 is 6.02. The summed E-state index contributed by atoms with van der Waals surface area (Å²) in [6.45, 7) is 3.37. The van der Waals surface area contributed by atoms with Gasteiger partial charge in [-0.3, -0.25) is 10.1 Å². The molecule has 0 heterocycles. The number of nitro benzene ring substituents is 1. The third-order valence-electron chi connectivity index (χ3n) is 3.12. The van der Waals surface area contributed by atoms with Crippen LogP contribution in [0, 0.1) is 10.1 Å². The fraction of sp³-hybridized carbons (Fsp3) is 0.500. The van der Waals surface area contributed by atoms with Gasteiger partial charge in [-0.1, -0.05) is 18.5 Å². The molecular weight excluding hydrogens is 304 g/mol. The first-order valence-corrected chi connectivity index (χ1v) is 8.25. The number of sulfone groups is 1. The summed E-state index contributed by atoms with van der Waals surface area (Å²) in [5, 5.41) is 10.9. The Bertz CT molecular complexity index is 603. The molecule has 0 fully saturated rings. The van der Waals surface area contributed by atoms with Crippen molar-refractivity contribution in [2.45, 2.75) is 19.9 Å². The van der Waals surface area contributed by atoms with E-state index in [-0.39, 0.29) is 28.3 Å². The van der Waals surface area contributed by atoms with Gasteiger partial charge in [-0.25, -0.2) is 8.42 Å². The Labute approximate surface area is 123 Å². The van der Waals surface area contributed by atoms with Gasteiger partial charge >= 0.3 is 0 Å². The van der Waals surface area contributed by atoms with Gasteiger partial charge in [0.25, 0.3) is 5.69 Å². The van der Waals surface area contributed by atoms with Crippen LogP contribution in [0.25, 0.3) is 0 Å². The van der Waals surface area contributed by atoms with Gasteiger partial charge in [0.15, 0.2) is 9.84 Å². The maximum atomic E-state index is 11.6. The lowest BCUT2D eigenvalue weighted by atomic mass is 10.2. The van der Waals surface area contributed by atoms with E-state index in [1.54, 1.807) is 25.8 Å². The normalized spacial score (nSPS) is 13.0. The van der Waals surface area contributed by atoms with Crippen molar-refractivity contribution in [3.05, 3.63) is 33.3 Å². The van der Waals surface area contributed by atoms with E-state index in [2.05, 4.69) is 0 Å². The number of non-ortho nitro benzene ring substituents is 1. The number of benzene rings is 1. The van der Waals surface area contributed by atoms with E-state index in [1.807, 2.05) is 0 Å². The van der Waals surface area contributed by atoms with Crippen LogP contribution in [0.4, 0.5) is 11.4 Å². The molecule has 0 aliphatic heterocycles. The molecule has 1 aromatic carbocycles. The zero-order chi connectivity index (χ0) is 15.5. The molecule has 0 radical (unpaired) electrons. The summed E-state index contributed by atoms with van der Waals surface area (Å²) < 4.78 is 23.2. The first-order chi connectivity index (χ1) is 9.18. The third kappa shape index (κ3) is 4.08. The minimum atomic E-state index is -3.10. The number of hydrogen-bond acceptors (Lipinski definition) is 5. The minimum absolute atomic E-state index is 0.00726. The van der Waals surface area contributed by atoms with Crippen molar-refractivity contribution in [2.75, 3.05) is 23.5 Å². The van der Waals surface area contributed by atoms with Crippen LogP contribution in [-0.4, -0.2) is 37.9 Å². The van der Waals surface area contributed by atoms with E-state index in [9.17, 15) is 18.5 Å². The summed E-state index contributed by atoms with van der Waals surface area (Å²) in [6, 6.07) is 3.85. The largest absolute Gasteiger partial charge is 0.370 e. The van der Waals surface area contributed by atoms with Crippen LogP contribution < -0.4 is 4.90 Å². The van der Waals surface area contributed by atoms with E-state index in [0.29, 0.717) is 5.69 Å². The number of halogens is 1. The molecule has 1 unspecified atom stereocenters. The summed E-state index contributed by atoms with van der Waals surface area (Å²) in [6.07, 6.45) is 0. The Kier molecular flexibility index (Phi) is 5.35. The molecule has 0 aromatic heterocycles. The monoisotopic (exact) mass is 320 g/mol. The molecule has 8 heteroatoms. The highest BCUT2D eigenvalue weighted by atomic mass is 35.5. The van der Waals surface area contributed by atoms with Crippen molar-refractivity contribution >= 4 is 32.8 Å². The lowest BCUT2D eigenvalue weighted by Crippen LogP contribution is -2.35. The molecule has 0 saturated heterocycles. The molecule has 0 bridgehead atoms. The fourth-order valence-electron chi connectivity index (χ4n) is 1.73. The quantitative estimate of drug-likeness (QED) is 0.594. The summed E-state index contributed by atoms with van der Waals surface area (Å²) in [5.74, 6) is 0.0898. The minimum Gasteiger partial charge on any atom is -0.370 e. The van der Waals surface area contributed by atoms with Crippen molar-refractivity contribution in [3.8, 4) is 0 Å². The molecule has 0 spiro atoms. The average molecular weight is 321 g/mol. The van der Waals surface area contributed by atoms with Crippen LogP contribution in [0.5, 0.6) is 0 Å². The van der Waals surface area contributed by atoms with E-state index in [0.717, 1.165) is 0 Å². The molecule has 6 nitrogen and oxygen atoms in total. The molecule has 0 amide bonds. The van der Waals surface area contributed by atoms with E-state index < -0.39 is 14.8 Å². The lowest BCUT2D eigenvalue weighted by Gasteiger charge is -2.27. The van der Waals surface area contributed by atoms with Gasteiger partial charge in [0.2, 0.25) is 0 Å². The van der Waals surface area contributed by atoms with Crippen LogP contribution in [0.15, 0.2) is 18.2 Å². The lowest BCUT2D eigenvalue weighted by molar-refractivity contribution is -0.384. The zero-order valence-corrected chi connectivity index (χ0v) is 13.1. The number of anilines is 1. The third-order valence-corrected chi connectivity index (χ3v) is 5.29. The van der Waals surface area contributed by atoms with E-state index in [4.69, 9.17) is 11.6 Å². The first kappa shape index (κ1) is 16.7. The highest BCUT2D eigenvalue weighted by Crippen LogP contribution is 2.30. The number of hydrogen-bond donors (Lipinski definition) is 0. The first-order valence-electron chi connectivity index (χ1n) is 6.05. The SMILES string of the molecule is CCS(=O)(=O)CC(C)N(C)c1ccc([N+](=O)[O-])cc1Cl.